The Morgan fingerprint density at radius 1 is 1.38 bits per heavy atom. The number of alkyl halides is 1. The molecule has 1 heterocycles. The van der Waals surface area contributed by atoms with Crippen LogP contribution in [0.25, 0.3) is 0 Å². The normalized spacial score (nSPS) is 52.2. The first kappa shape index (κ1) is 10.8. The van der Waals surface area contributed by atoms with Gasteiger partial charge in [0.05, 0.1) is 6.61 Å². The molecule has 78 valence electrons. The van der Waals surface area contributed by atoms with Crippen LogP contribution in [0.1, 0.15) is 6.92 Å². The Labute approximate surface area is 74.4 Å². The minimum Gasteiger partial charge on any atom is -0.394 e. The fraction of sp³-hybridized carbons (Fsp3) is 1.00. The van der Waals surface area contributed by atoms with Gasteiger partial charge in [0, 0.05) is 0 Å². The first-order valence-corrected chi connectivity index (χ1v) is 3.90. The van der Waals surface area contributed by atoms with E-state index >= 15 is 0 Å². The number of aliphatic hydroxyl groups is 4. The number of rotatable bonds is 1. The molecular formula is C7H13FO5. The Morgan fingerprint density at radius 3 is 2.38 bits per heavy atom. The van der Waals surface area contributed by atoms with Gasteiger partial charge in [0.2, 0.25) is 0 Å². The highest BCUT2D eigenvalue weighted by Crippen LogP contribution is 2.31. The fourth-order valence-electron chi connectivity index (χ4n) is 1.21. The van der Waals surface area contributed by atoms with E-state index < -0.39 is 36.9 Å². The Morgan fingerprint density at radius 2 is 1.92 bits per heavy atom. The summed E-state index contributed by atoms with van der Waals surface area (Å²) in [7, 11) is 0. The van der Waals surface area contributed by atoms with Crippen molar-refractivity contribution in [2.75, 3.05) is 6.61 Å². The fourth-order valence-corrected chi connectivity index (χ4v) is 1.21. The lowest BCUT2D eigenvalue weighted by Crippen LogP contribution is -2.63. The Hall–Kier alpha value is -0.270. The van der Waals surface area contributed by atoms with E-state index in [1.54, 1.807) is 0 Å². The molecule has 1 aliphatic rings. The van der Waals surface area contributed by atoms with Crippen LogP contribution in [0, 0.1) is 0 Å². The number of halogens is 1. The van der Waals surface area contributed by atoms with Crippen molar-refractivity contribution < 1.29 is 29.6 Å². The van der Waals surface area contributed by atoms with Gasteiger partial charge in [0.1, 0.15) is 18.3 Å². The van der Waals surface area contributed by atoms with E-state index in [0.717, 1.165) is 6.92 Å². The van der Waals surface area contributed by atoms with E-state index in [1.165, 1.54) is 0 Å². The minimum atomic E-state index is -2.43. The second kappa shape index (κ2) is 3.47. The van der Waals surface area contributed by atoms with Crippen molar-refractivity contribution in [3.63, 3.8) is 0 Å². The van der Waals surface area contributed by atoms with Crippen molar-refractivity contribution in [2.24, 2.45) is 0 Å². The van der Waals surface area contributed by atoms with Crippen molar-refractivity contribution in [1.29, 1.82) is 0 Å². The average Bonchev–Trinajstić information content (AvgIpc) is 2.09. The Kier molecular flexibility index (Phi) is 2.88. The minimum absolute atomic E-state index is 0.592. The van der Waals surface area contributed by atoms with E-state index in [4.69, 9.17) is 10.2 Å². The highest BCUT2D eigenvalue weighted by Gasteiger charge is 2.52. The topological polar surface area (TPSA) is 90.2 Å². The molecule has 1 aliphatic heterocycles. The summed E-state index contributed by atoms with van der Waals surface area (Å²) >= 11 is 0. The molecule has 0 bridgehead atoms. The second-order valence-electron chi connectivity index (χ2n) is 3.30. The zero-order valence-corrected chi connectivity index (χ0v) is 7.09. The van der Waals surface area contributed by atoms with Gasteiger partial charge in [-0.1, -0.05) is 0 Å². The summed E-state index contributed by atoms with van der Waals surface area (Å²) in [4.78, 5) is 0. The summed E-state index contributed by atoms with van der Waals surface area (Å²) in [6.07, 6.45) is -6.31. The van der Waals surface area contributed by atoms with Crippen molar-refractivity contribution >= 4 is 0 Å². The van der Waals surface area contributed by atoms with Gasteiger partial charge in [-0.05, 0) is 6.92 Å². The van der Waals surface area contributed by atoms with Gasteiger partial charge in [-0.25, -0.2) is 4.39 Å². The predicted molar refractivity (Wildman–Crippen MR) is 39.5 cm³/mol. The first-order chi connectivity index (χ1) is 5.91. The summed E-state index contributed by atoms with van der Waals surface area (Å²) in [6, 6.07) is 0. The molecule has 1 fully saturated rings. The lowest BCUT2D eigenvalue weighted by molar-refractivity contribution is -0.303. The second-order valence-corrected chi connectivity index (χ2v) is 3.30. The molecule has 4 N–H and O–H groups in total. The van der Waals surface area contributed by atoms with Gasteiger partial charge < -0.3 is 25.2 Å². The van der Waals surface area contributed by atoms with Gasteiger partial charge in [0.15, 0.2) is 12.0 Å². The molecule has 0 amide bonds. The third-order valence-corrected chi connectivity index (χ3v) is 2.25. The molecule has 0 aromatic heterocycles. The molecule has 1 rings (SSSR count). The third-order valence-electron chi connectivity index (χ3n) is 2.25. The average molecular weight is 196 g/mol. The molecule has 0 aliphatic carbocycles. The standard InChI is InChI=1S/C7H13FO5/c1-7(8)5(11)4(10)3(2-9)13-6(7)12/h3-6,9-12H,2H2,1H3. The number of hydrogen-bond acceptors (Lipinski definition) is 5. The third kappa shape index (κ3) is 1.68. The quantitative estimate of drug-likeness (QED) is 0.395. The van der Waals surface area contributed by atoms with Crippen LogP contribution in [0.4, 0.5) is 4.39 Å². The lowest BCUT2D eigenvalue weighted by atomic mass is 9.90. The summed E-state index contributed by atoms with van der Waals surface area (Å²) < 4.78 is 17.9. The Balaban J connectivity index is 2.79. The molecule has 0 aromatic carbocycles. The van der Waals surface area contributed by atoms with Crippen LogP contribution in [0.15, 0.2) is 0 Å². The molecule has 0 saturated carbocycles. The molecule has 6 heteroatoms. The maximum Gasteiger partial charge on any atom is 0.192 e. The maximum absolute atomic E-state index is 13.4. The summed E-state index contributed by atoms with van der Waals surface area (Å²) in [5.74, 6) is 0. The lowest BCUT2D eigenvalue weighted by Gasteiger charge is -2.42. The summed E-state index contributed by atoms with van der Waals surface area (Å²) in [5.41, 5.74) is -2.43. The van der Waals surface area contributed by atoms with Crippen molar-refractivity contribution in [3.8, 4) is 0 Å². The molecule has 1 saturated heterocycles. The SMILES string of the molecule is CC1(F)C(O)OC(CO)C(O)C1O. The van der Waals surface area contributed by atoms with Crippen molar-refractivity contribution in [2.45, 2.75) is 37.2 Å². The molecule has 5 unspecified atom stereocenters. The van der Waals surface area contributed by atoms with E-state index in [-0.39, 0.29) is 0 Å². The van der Waals surface area contributed by atoms with E-state index in [9.17, 15) is 14.6 Å². The van der Waals surface area contributed by atoms with Crippen molar-refractivity contribution in [3.05, 3.63) is 0 Å². The molecular weight excluding hydrogens is 183 g/mol. The van der Waals surface area contributed by atoms with Gasteiger partial charge >= 0.3 is 0 Å². The Bertz CT molecular complexity index is 186. The number of ether oxygens (including phenoxy) is 1. The van der Waals surface area contributed by atoms with Gasteiger partial charge in [-0.2, -0.15) is 0 Å². The summed E-state index contributed by atoms with van der Waals surface area (Å²) in [6.45, 7) is 0.324. The molecule has 5 atom stereocenters. The first-order valence-electron chi connectivity index (χ1n) is 3.90. The van der Waals surface area contributed by atoms with Crippen LogP contribution in [0.5, 0.6) is 0 Å². The molecule has 0 aromatic rings. The highest BCUT2D eigenvalue weighted by molar-refractivity contribution is 4.97. The molecule has 0 radical (unpaired) electrons. The zero-order chi connectivity index (χ0) is 10.2. The largest absolute Gasteiger partial charge is 0.394 e. The van der Waals surface area contributed by atoms with Crippen LogP contribution in [0.2, 0.25) is 0 Å². The number of hydrogen-bond donors (Lipinski definition) is 4. The number of aliphatic hydroxyl groups excluding tert-OH is 4. The summed E-state index contributed by atoms with van der Waals surface area (Å²) in [5, 5.41) is 36.1. The smallest absolute Gasteiger partial charge is 0.192 e. The van der Waals surface area contributed by atoms with Gasteiger partial charge in [-0.15, -0.1) is 0 Å². The molecule has 5 nitrogen and oxygen atoms in total. The molecule has 13 heavy (non-hydrogen) atoms. The van der Waals surface area contributed by atoms with Crippen LogP contribution in [0.3, 0.4) is 0 Å². The molecule has 0 spiro atoms. The monoisotopic (exact) mass is 196 g/mol. The van der Waals surface area contributed by atoms with E-state index in [0.29, 0.717) is 0 Å². The van der Waals surface area contributed by atoms with Crippen LogP contribution < -0.4 is 0 Å². The van der Waals surface area contributed by atoms with Crippen LogP contribution >= 0.6 is 0 Å². The zero-order valence-electron chi connectivity index (χ0n) is 7.09. The van der Waals surface area contributed by atoms with Crippen LogP contribution in [-0.2, 0) is 4.74 Å². The van der Waals surface area contributed by atoms with E-state index in [1.807, 2.05) is 0 Å². The maximum atomic E-state index is 13.4. The van der Waals surface area contributed by atoms with E-state index in [2.05, 4.69) is 4.74 Å². The highest BCUT2D eigenvalue weighted by atomic mass is 19.1. The van der Waals surface area contributed by atoms with Crippen LogP contribution in [-0.4, -0.2) is 57.3 Å². The van der Waals surface area contributed by atoms with Gasteiger partial charge in [0.25, 0.3) is 0 Å². The van der Waals surface area contributed by atoms with Crippen molar-refractivity contribution in [1.82, 2.24) is 0 Å². The predicted octanol–water partition coefficient (Wildman–Crippen LogP) is -1.85. The van der Waals surface area contributed by atoms with Gasteiger partial charge in [-0.3, -0.25) is 0 Å².